The number of fused-ring (bicyclic) bond motifs is 4. The zero-order chi connectivity index (χ0) is 32.5. The number of carboxylic acid groups (broad SMARTS) is 1. The Labute approximate surface area is 256 Å². The smallest absolute Gasteiger partial charge is 0.456 e. The molecule has 2 fully saturated rings. The van der Waals surface area contributed by atoms with Crippen LogP contribution in [0.25, 0.3) is 0 Å². The van der Waals surface area contributed by atoms with Gasteiger partial charge in [-0.05, 0) is 110 Å². The van der Waals surface area contributed by atoms with Crippen molar-refractivity contribution in [1.82, 2.24) is 0 Å². The Bertz CT molecular complexity index is 1630. The lowest BCUT2D eigenvalue weighted by Crippen LogP contribution is -2.65. The highest BCUT2D eigenvalue weighted by Crippen LogP contribution is 2.70. The number of aliphatic hydroxyl groups is 1. The number of rotatable bonds is 5. The van der Waals surface area contributed by atoms with E-state index in [9.17, 15) is 32.7 Å². The van der Waals surface area contributed by atoms with E-state index in [1.165, 1.54) is 31.2 Å². The summed E-state index contributed by atoms with van der Waals surface area (Å²) in [5, 5.41) is 23.2. The summed E-state index contributed by atoms with van der Waals surface area (Å²) >= 11 is 0. The van der Waals surface area contributed by atoms with Crippen molar-refractivity contribution in [3.63, 3.8) is 0 Å². The molecule has 11 heteroatoms. The number of anilines is 1. The molecule has 0 bridgehead atoms. The fourth-order valence-electron chi connectivity index (χ4n) is 8.48. The SMILES string of the molecule is CC12CC(c3ccc(C(=O)Nc4ccc(C(=O)O)cc4)cc3)C3=C4CCC(=O)C=C4CCC3[C@@H]1CC[C@@]2(O)C(F)(F)C(F)(F)F. The maximum atomic E-state index is 15.2. The molecular weight excluding hydrogens is 597 g/mol. The molecule has 2 saturated carbocycles. The van der Waals surface area contributed by atoms with E-state index in [1.54, 1.807) is 30.3 Å². The van der Waals surface area contributed by atoms with Gasteiger partial charge in [-0.15, -0.1) is 0 Å². The molecule has 0 aromatic heterocycles. The maximum Gasteiger partial charge on any atom is 0.456 e. The summed E-state index contributed by atoms with van der Waals surface area (Å²) in [5.41, 5.74) is -0.989. The number of hydrogen-bond acceptors (Lipinski definition) is 4. The first kappa shape index (κ1) is 31.1. The Morgan fingerprint density at radius 3 is 2.18 bits per heavy atom. The average Bonchev–Trinajstić information content (AvgIpc) is 3.27. The number of ketones is 1. The van der Waals surface area contributed by atoms with Gasteiger partial charge in [-0.2, -0.15) is 22.0 Å². The highest BCUT2D eigenvalue weighted by molar-refractivity contribution is 6.04. The molecule has 5 atom stereocenters. The molecule has 238 valence electrons. The fraction of sp³-hybridized carbons (Fsp3) is 0.441. The van der Waals surface area contributed by atoms with Gasteiger partial charge in [0.25, 0.3) is 5.91 Å². The Morgan fingerprint density at radius 1 is 0.911 bits per heavy atom. The Morgan fingerprint density at radius 2 is 1.56 bits per heavy atom. The fourth-order valence-corrected chi connectivity index (χ4v) is 8.48. The molecule has 3 unspecified atom stereocenters. The summed E-state index contributed by atoms with van der Waals surface area (Å²) in [4.78, 5) is 36.3. The van der Waals surface area contributed by atoms with Crippen LogP contribution in [-0.2, 0) is 4.79 Å². The van der Waals surface area contributed by atoms with Gasteiger partial charge in [0.05, 0.1) is 5.56 Å². The zero-order valence-electron chi connectivity index (χ0n) is 24.4. The van der Waals surface area contributed by atoms with Crippen molar-refractivity contribution in [1.29, 1.82) is 0 Å². The first-order valence-corrected chi connectivity index (χ1v) is 15.0. The standard InChI is InChI=1S/C34H32F5NO5/c1-31-17-26(18-2-4-19(5-3-18)29(42)40-22-9-6-20(7-10-22)30(43)44)28-24-13-11-23(41)16-21(24)8-12-25(28)27(31)14-15-32(31,45)33(35,36)34(37,38)39/h2-7,9-10,16,25-27,45H,8,11-15,17H2,1H3,(H,40,42)(H,43,44)/t25?,26?,27-,31?,32-/m0/s1. The van der Waals surface area contributed by atoms with Crippen LogP contribution in [0.4, 0.5) is 27.6 Å². The lowest BCUT2D eigenvalue weighted by molar-refractivity contribution is -0.362. The quantitative estimate of drug-likeness (QED) is 0.298. The van der Waals surface area contributed by atoms with Crippen molar-refractivity contribution < 1.29 is 46.5 Å². The zero-order valence-corrected chi connectivity index (χ0v) is 24.4. The van der Waals surface area contributed by atoms with Gasteiger partial charge in [0.1, 0.15) is 5.60 Å². The highest BCUT2D eigenvalue weighted by Gasteiger charge is 2.79. The van der Waals surface area contributed by atoms with Gasteiger partial charge < -0.3 is 15.5 Å². The summed E-state index contributed by atoms with van der Waals surface area (Å²) in [7, 11) is 0. The number of carboxylic acids is 1. The second kappa shape index (κ2) is 10.6. The van der Waals surface area contributed by atoms with Crippen LogP contribution in [0.1, 0.15) is 84.1 Å². The van der Waals surface area contributed by atoms with Crippen LogP contribution in [0, 0.1) is 17.3 Å². The number of hydrogen-bond donors (Lipinski definition) is 3. The van der Waals surface area contributed by atoms with E-state index in [1.807, 2.05) is 0 Å². The van der Waals surface area contributed by atoms with Crippen LogP contribution < -0.4 is 5.32 Å². The van der Waals surface area contributed by atoms with Gasteiger partial charge in [-0.1, -0.05) is 24.6 Å². The molecule has 0 saturated heterocycles. The molecule has 3 N–H and O–H groups in total. The molecule has 6 nitrogen and oxygen atoms in total. The van der Waals surface area contributed by atoms with Gasteiger partial charge in [-0.3, -0.25) is 9.59 Å². The van der Waals surface area contributed by atoms with Crippen LogP contribution in [0.15, 0.2) is 71.3 Å². The van der Waals surface area contributed by atoms with E-state index < -0.39 is 53.2 Å². The number of benzene rings is 2. The van der Waals surface area contributed by atoms with Gasteiger partial charge in [0.15, 0.2) is 5.78 Å². The molecule has 2 aromatic carbocycles. The molecule has 4 aliphatic rings. The molecular formula is C34H32F5NO5. The predicted octanol–water partition coefficient (Wildman–Crippen LogP) is 7.47. The van der Waals surface area contributed by atoms with E-state index in [4.69, 9.17) is 5.11 Å². The van der Waals surface area contributed by atoms with E-state index in [0.29, 0.717) is 30.5 Å². The monoisotopic (exact) mass is 629 g/mol. The molecule has 4 aliphatic carbocycles. The van der Waals surface area contributed by atoms with Gasteiger partial charge in [0.2, 0.25) is 0 Å². The molecule has 45 heavy (non-hydrogen) atoms. The van der Waals surface area contributed by atoms with Crippen LogP contribution >= 0.6 is 0 Å². The van der Waals surface area contributed by atoms with E-state index in [0.717, 1.165) is 16.7 Å². The normalized spacial score (nSPS) is 29.8. The molecule has 2 aromatic rings. The molecule has 0 aliphatic heterocycles. The molecule has 6 rings (SSSR count). The maximum absolute atomic E-state index is 15.2. The van der Waals surface area contributed by atoms with Crippen molar-refractivity contribution in [2.45, 2.75) is 75.5 Å². The number of aromatic carboxylic acids is 1. The summed E-state index contributed by atoms with van der Waals surface area (Å²) in [6.07, 6.45) is -3.39. The van der Waals surface area contributed by atoms with Crippen LogP contribution in [0.2, 0.25) is 0 Å². The number of nitrogens with one attached hydrogen (secondary N) is 1. The van der Waals surface area contributed by atoms with Crippen molar-refractivity contribution in [2.75, 3.05) is 5.32 Å². The van der Waals surface area contributed by atoms with E-state index in [-0.39, 0.29) is 42.1 Å². The number of carbonyl (C=O) groups is 3. The van der Waals surface area contributed by atoms with Gasteiger partial charge >= 0.3 is 18.1 Å². The van der Waals surface area contributed by atoms with Crippen molar-refractivity contribution >= 4 is 23.3 Å². The molecule has 0 spiro atoms. The lowest BCUT2D eigenvalue weighted by atomic mass is 9.50. The number of carbonyl (C=O) groups excluding carboxylic acids is 2. The minimum Gasteiger partial charge on any atom is -0.478 e. The Balaban J connectivity index is 1.38. The minimum atomic E-state index is -5.93. The third-order valence-corrected chi connectivity index (χ3v) is 10.7. The van der Waals surface area contributed by atoms with Crippen molar-refractivity contribution in [3.8, 4) is 0 Å². The number of allylic oxidation sites excluding steroid dienone is 4. The summed E-state index contributed by atoms with van der Waals surface area (Å²) in [6, 6.07) is 12.0. The first-order valence-electron chi connectivity index (χ1n) is 15.0. The average molecular weight is 630 g/mol. The number of halogens is 5. The second-order valence-corrected chi connectivity index (χ2v) is 12.9. The molecule has 0 heterocycles. The Kier molecular flexibility index (Phi) is 7.34. The van der Waals surface area contributed by atoms with Gasteiger partial charge in [-0.25, -0.2) is 4.79 Å². The van der Waals surface area contributed by atoms with Gasteiger partial charge in [0, 0.05) is 29.0 Å². The van der Waals surface area contributed by atoms with E-state index >= 15 is 8.78 Å². The van der Waals surface area contributed by atoms with Crippen molar-refractivity contribution in [3.05, 3.63) is 88.0 Å². The molecule has 0 radical (unpaired) electrons. The third kappa shape index (κ3) is 4.81. The van der Waals surface area contributed by atoms with Crippen molar-refractivity contribution in [2.24, 2.45) is 17.3 Å². The highest BCUT2D eigenvalue weighted by atomic mass is 19.4. The lowest BCUT2D eigenvalue weighted by Gasteiger charge is -2.56. The summed E-state index contributed by atoms with van der Waals surface area (Å²) in [5.74, 6) is -8.47. The third-order valence-electron chi connectivity index (χ3n) is 10.7. The topological polar surface area (TPSA) is 104 Å². The van der Waals surface area contributed by atoms with Crippen LogP contribution in [0.3, 0.4) is 0 Å². The largest absolute Gasteiger partial charge is 0.478 e. The number of amides is 1. The number of alkyl halides is 5. The Hall–Kier alpha value is -3.86. The van der Waals surface area contributed by atoms with Crippen LogP contribution in [0.5, 0.6) is 0 Å². The van der Waals surface area contributed by atoms with Crippen LogP contribution in [-0.4, -0.2) is 45.6 Å². The summed E-state index contributed by atoms with van der Waals surface area (Å²) in [6.45, 7) is 1.37. The summed E-state index contributed by atoms with van der Waals surface area (Å²) < 4.78 is 71.7. The second-order valence-electron chi connectivity index (χ2n) is 12.9. The first-order chi connectivity index (χ1) is 21.1. The predicted molar refractivity (Wildman–Crippen MR) is 154 cm³/mol. The minimum absolute atomic E-state index is 0.00183. The molecule has 1 amide bonds. The van der Waals surface area contributed by atoms with E-state index in [2.05, 4.69) is 5.32 Å².